The molecule has 0 aromatic rings. The number of fused-ring (bicyclic) bond motifs is 3. The topological polar surface area (TPSA) is 55.8 Å². The van der Waals surface area contributed by atoms with Gasteiger partial charge in [-0.3, -0.25) is 4.79 Å². The van der Waals surface area contributed by atoms with Crippen molar-refractivity contribution >= 4 is 5.97 Å². The Kier molecular flexibility index (Phi) is 3.22. The van der Waals surface area contributed by atoms with Gasteiger partial charge in [-0.15, -0.1) is 0 Å². The van der Waals surface area contributed by atoms with E-state index in [0.717, 1.165) is 50.5 Å². The number of hydrogen-bond acceptors (Lipinski definition) is 3. The number of carboxylic acid groups (broad SMARTS) is 1. The van der Waals surface area contributed by atoms with Crippen molar-refractivity contribution in [2.45, 2.75) is 76.9 Å². The summed E-state index contributed by atoms with van der Waals surface area (Å²) in [5.74, 6) is -0.543. The van der Waals surface area contributed by atoms with Gasteiger partial charge < -0.3 is 5.11 Å². The third-order valence-corrected chi connectivity index (χ3v) is 7.87. The van der Waals surface area contributed by atoms with Crippen molar-refractivity contribution in [1.29, 1.82) is 0 Å². The molecule has 2 heterocycles. The molecule has 0 unspecified atom stereocenters. The summed E-state index contributed by atoms with van der Waals surface area (Å²) in [6, 6.07) is 0. The van der Waals surface area contributed by atoms with E-state index in [9.17, 15) is 9.90 Å². The van der Waals surface area contributed by atoms with E-state index in [-0.39, 0.29) is 11.3 Å². The molecule has 24 heavy (non-hydrogen) atoms. The van der Waals surface area contributed by atoms with Gasteiger partial charge in [0.15, 0.2) is 0 Å². The van der Waals surface area contributed by atoms with Crippen LogP contribution in [0.15, 0.2) is 23.8 Å². The molecule has 5 atom stereocenters. The van der Waals surface area contributed by atoms with Crippen molar-refractivity contribution in [2.24, 2.45) is 16.7 Å². The highest BCUT2D eigenvalue weighted by Crippen LogP contribution is 2.68. The Morgan fingerprint density at radius 3 is 2.58 bits per heavy atom. The molecule has 0 aromatic heterocycles. The molecule has 2 bridgehead atoms. The Morgan fingerprint density at radius 1 is 1.25 bits per heavy atom. The predicted molar refractivity (Wildman–Crippen MR) is 90.2 cm³/mol. The van der Waals surface area contributed by atoms with Gasteiger partial charge in [-0.25, -0.2) is 9.78 Å². The zero-order valence-electron chi connectivity index (χ0n) is 15.0. The van der Waals surface area contributed by atoms with E-state index in [1.54, 1.807) is 0 Å². The van der Waals surface area contributed by atoms with Crippen LogP contribution in [0.5, 0.6) is 0 Å². The molecule has 0 radical (unpaired) electrons. The van der Waals surface area contributed by atoms with E-state index in [4.69, 9.17) is 9.78 Å². The fraction of sp³-hybridized carbons (Fsp3) is 0.750. The number of aliphatic carboxylic acids is 1. The fourth-order valence-electron chi connectivity index (χ4n) is 6.28. The first-order valence-corrected chi connectivity index (χ1v) is 9.19. The van der Waals surface area contributed by atoms with Crippen LogP contribution in [-0.4, -0.2) is 22.3 Å². The predicted octanol–water partition coefficient (Wildman–Crippen LogP) is 4.41. The smallest absolute Gasteiger partial charge is 0.309 e. The van der Waals surface area contributed by atoms with Crippen molar-refractivity contribution < 1.29 is 19.7 Å². The maximum Gasteiger partial charge on any atom is 0.309 e. The normalized spacial score (nSPS) is 49.8. The number of hydrogen-bond donors (Lipinski definition) is 1. The Morgan fingerprint density at radius 2 is 2.00 bits per heavy atom. The molecule has 5 aliphatic rings. The molecular formula is C20H28O4. The minimum atomic E-state index is -0.670. The van der Waals surface area contributed by atoms with Crippen LogP contribution in [-0.2, 0) is 14.6 Å². The lowest BCUT2D eigenvalue weighted by Crippen LogP contribution is -2.67. The third kappa shape index (κ3) is 1.69. The van der Waals surface area contributed by atoms with Gasteiger partial charge in [0.25, 0.3) is 0 Å². The summed E-state index contributed by atoms with van der Waals surface area (Å²) >= 11 is 0. The van der Waals surface area contributed by atoms with Crippen LogP contribution in [0.3, 0.4) is 0 Å². The Balaban J connectivity index is 1.82. The zero-order chi connectivity index (χ0) is 17.4. The van der Waals surface area contributed by atoms with Crippen LogP contribution < -0.4 is 0 Å². The van der Waals surface area contributed by atoms with Gasteiger partial charge in [0.2, 0.25) is 0 Å². The first kappa shape index (κ1) is 16.3. The highest BCUT2D eigenvalue weighted by atomic mass is 17.2. The lowest BCUT2D eigenvalue weighted by molar-refractivity contribution is -0.452. The van der Waals surface area contributed by atoms with Crippen LogP contribution in [0.4, 0.5) is 0 Å². The summed E-state index contributed by atoms with van der Waals surface area (Å²) in [6.45, 7) is 10.3. The summed E-state index contributed by atoms with van der Waals surface area (Å²) in [7, 11) is 0. The summed E-state index contributed by atoms with van der Waals surface area (Å²) < 4.78 is 0. The second-order valence-electron chi connectivity index (χ2n) is 8.92. The molecule has 1 N–H and O–H groups in total. The van der Waals surface area contributed by atoms with Gasteiger partial charge in [-0.2, -0.15) is 0 Å². The highest BCUT2D eigenvalue weighted by Gasteiger charge is 2.69. The van der Waals surface area contributed by atoms with E-state index < -0.39 is 22.6 Å². The molecular weight excluding hydrogens is 304 g/mol. The standard InChI is InChI=1S/C20H28O4/c1-13(2)19-10-11-20(24-23-19)14(12-19)6-7-15-17(3,16(21)22)8-5-9-18(15,20)4/h12,15H,1,5-11H2,2-4H3,(H,21,22)/t15-,17-,18-,19+,20-/m0/s1. The summed E-state index contributed by atoms with van der Waals surface area (Å²) in [5.41, 5.74) is 0.502. The van der Waals surface area contributed by atoms with Crippen LogP contribution in [0.25, 0.3) is 0 Å². The molecule has 1 saturated heterocycles. The molecule has 4 heteroatoms. The third-order valence-electron chi connectivity index (χ3n) is 7.87. The van der Waals surface area contributed by atoms with E-state index in [1.807, 2.05) is 13.8 Å². The maximum absolute atomic E-state index is 12.1. The largest absolute Gasteiger partial charge is 0.481 e. The quantitative estimate of drug-likeness (QED) is 0.601. The van der Waals surface area contributed by atoms with Crippen molar-refractivity contribution in [1.82, 2.24) is 0 Å². The Labute approximate surface area is 143 Å². The molecule has 3 aliphatic carbocycles. The highest BCUT2D eigenvalue weighted by molar-refractivity contribution is 5.75. The molecule has 0 amide bonds. The lowest BCUT2D eigenvalue weighted by atomic mass is 9.43. The molecule has 2 aliphatic heterocycles. The average Bonchev–Trinajstić information content (AvgIpc) is 2.55. The van der Waals surface area contributed by atoms with E-state index in [1.165, 1.54) is 5.57 Å². The van der Waals surface area contributed by atoms with E-state index >= 15 is 0 Å². The van der Waals surface area contributed by atoms with Gasteiger partial charge >= 0.3 is 5.97 Å². The lowest BCUT2D eigenvalue weighted by Gasteiger charge is -2.66. The van der Waals surface area contributed by atoms with Crippen LogP contribution in [0.1, 0.15) is 65.7 Å². The van der Waals surface area contributed by atoms with Gasteiger partial charge in [0.05, 0.1) is 5.41 Å². The van der Waals surface area contributed by atoms with Crippen molar-refractivity contribution in [2.75, 3.05) is 0 Å². The fourth-order valence-corrected chi connectivity index (χ4v) is 6.28. The van der Waals surface area contributed by atoms with Crippen molar-refractivity contribution in [3.05, 3.63) is 23.8 Å². The van der Waals surface area contributed by atoms with Gasteiger partial charge in [0.1, 0.15) is 11.2 Å². The minimum Gasteiger partial charge on any atom is -0.481 e. The van der Waals surface area contributed by atoms with Crippen LogP contribution in [0.2, 0.25) is 0 Å². The summed E-state index contributed by atoms with van der Waals surface area (Å²) in [6.07, 6.45) is 8.53. The molecule has 5 rings (SSSR count). The second kappa shape index (κ2) is 4.73. The molecule has 2 saturated carbocycles. The maximum atomic E-state index is 12.1. The summed E-state index contributed by atoms with van der Waals surface area (Å²) in [4.78, 5) is 24.1. The first-order chi connectivity index (χ1) is 11.2. The van der Waals surface area contributed by atoms with E-state index in [0.29, 0.717) is 0 Å². The van der Waals surface area contributed by atoms with Crippen molar-refractivity contribution in [3.63, 3.8) is 0 Å². The molecule has 0 aromatic carbocycles. The van der Waals surface area contributed by atoms with E-state index in [2.05, 4.69) is 19.6 Å². The van der Waals surface area contributed by atoms with Gasteiger partial charge in [-0.05, 0) is 75.5 Å². The SMILES string of the molecule is C=C(C)[C@]12C=C3CC[C@@H]4[C@](C)(CCC[C@]4(C)C(=O)O)[C@@]3(CC1)OO2. The Bertz CT molecular complexity index is 640. The van der Waals surface area contributed by atoms with Crippen molar-refractivity contribution in [3.8, 4) is 0 Å². The number of carbonyl (C=O) groups is 1. The van der Waals surface area contributed by atoms with Crippen LogP contribution >= 0.6 is 0 Å². The van der Waals surface area contributed by atoms with Gasteiger partial charge in [0, 0.05) is 5.41 Å². The van der Waals surface area contributed by atoms with Crippen LogP contribution in [0, 0.1) is 16.7 Å². The Hall–Kier alpha value is -1.13. The monoisotopic (exact) mass is 332 g/mol. The van der Waals surface area contributed by atoms with Gasteiger partial charge in [-0.1, -0.05) is 19.9 Å². The first-order valence-electron chi connectivity index (χ1n) is 9.19. The summed E-state index contributed by atoms with van der Waals surface area (Å²) in [5, 5.41) is 9.93. The minimum absolute atomic E-state index is 0.118. The zero-order valence-corrected chi connectivity index (χ0v) is 15.0. The number of carboxylic acids is 1. The molecule has 132 valence electrons. The number of rotatable bonds is 2. The average molecular weight is 332 g/mol. The molecule has 1 spiro atoms. The molecule has 3 fully saturated rings. The second-order valence-corrected chi connectivity index (χ2v) is 8.92. The molecule has 4 nitrogen and oxygen atoms in total.